The Hall–Kier alpha value is -2.53. The minimum absolute atomic E-state index is 0.0634. The summed E-state index contributed by atoms with van der Waals surface area (Å²) in [5, 5.41) is 6.55. The average Bonchev–Trinajstić information content (AvgIpc) is 3.18. The molecule has 1 saturated heterocycles. The highest BCUT2D eigenvalue weighted by Gasteiger charge is 2.55. The van der Waals surface area contributed by atoms with Crippen molar-refractivity contribution in [1.29, 1.82) is 0 Å². The van der Waals surface area contributed by atoms with Crippen LogP contribution in [-0.2, 0) is 10.2 Å². The van der Waals surface area contributed by atoms with Crippen LogP contribution in [0.25, 0.3) is 0 Å². The lowest BCUT2D eigenvalue weighted by atomic mass is 9.73. The summed E-state index contributed by atoms with van der Waals surface area (Å²) in [6, 6.07) is 13.7. The third kappa shape index (κ3) is 1.94. The van der Waals surface area contributed by atoms with Crippen molar-refractivity contribution in [2.75, 3.05) is 26.1 Å². The fourth-order valence-corrected chi connectivity index (χ4v) is 4.04. The fraction of sp³-hybridized carbons (Fsp3) is 0.316. The molecule has 0 aromatic heterocycles. The van der Waals surface area contributed by atoms with Gasteiger partial charge in [0.1, 0.15) is 0 Å². The lowest BCUT2D eigenvalue weighted by Crippen LogP contribution is -2.39. The Labute approximate surface area is 141 Å². The van der Waals surface area contributed by atoms with Crippen molar-refractivity contribution in [3.8, 4) is 11.5 Å². The SMILES string of the molecule is COc1ccc([C@@H]2NCC[C@]23C(=O)Nc2ccccc23)cc1OC. The van der Waals surface area contributed by atoms with Crippen LogP contribution < -0.4 is 20.1 Å². The molecule has 0 aliphatic carbocycles. The summed E-state index contributed by atoms with van der Waals surface area (Å²) < 4.78 is 10.8. The number of benzene rings is 2. The molecule has 0 bridgehead atoms. The van der Waals surface area contributed by atoms with Crippen molar-refractivity contribution in [2.45, 2.75) is 17.9 Å². The number of carbonyl (C=O) groups is 1. The van der Waals surface area contributed by atoms with Crippen molar-refractivity contribution in [1.82, 2.24) is 5.32 Å². The molecule has 2 aromatic carbocycles. The molecule has 1 fully saturated rings. The lowest BCUT2D eigenvalue weighted by Gasteiger charge is -2.29. The van der Waals surface area contributed by atoms with E-state index in [0.717, 1.165) is 29.8 Å². The molecule has 2 N–H and O–H groups in total. The molecule has 5 heteroatoms. The van der Waals surface area contributed by atoms with Gasteiger partial charge in [0.05, 0.1) is 25.7 Å². The molecule has 24 heavy (non-hydrogen) atoms. The highest BCUT2D eigenvalue weighted by Crippen LogP contribution is 2.51. The van der Waals surface area contributed by atoms with E-state index in [1.165, 1.54) is 0 Å². The van der Waals surface area contributed by atoms with Gasteiger partial charge in [0, 0.05) is 5.69 Å². The summed E-state index contributed by atoms with van der Waals surface area (Å²) in [6.07, 6.45) is 0.773. The summed E-state index contributed by atoms with van der Waals surface area (Å²) >= 11 is 0. The molecule has 2 aliphatic rings. The van der Waals surface area contributed by atoms with Crippen LogP contribution in [0.4, 0.5) is 5.69 Å². The largest absolute Gasteiger partial charge is 0.493 e. The van der Waals surface area contributed by atoms with Gasteiger partial charge in [0.2, 0.25) is 5.91 Å². The van der Waals surface area contributed by atoms with Crippen LogP contribution >= 0.6 is 0 Å². The van der Waals surface area contributed by atoms with Gasteiger partial charge in [-0.2, -0.15) is 0 Å². The second kappa shape index (κ2) is 5.53. The van der Waals surface area contributed by atoms with E-state index >= 15 is 0 Å². The van der Waals surface area contributed by atoms with Gasteiger partial charge in [0.15, 0.2) is 11.5 Å². The second-order valence-electron chi connectivity index (χ2n) is 6.22. The first-order valence-electron chi connectivity index (χ1n) is 8.07. The molecular weight excluding hydrogens is 304 g/mol. The Morgan fingerprint density at radius 1 is 1.08 bits per heavy atom. The van der Waals surface area contributed by atoms with E-state index in [2.05, 4.69) is 10.6 Å². The summed E-state index contributed by atoms with van der Waals surface area (Å²) in [7, 11) is 3.24. The molecule has 2 atom stereocenters. The maximum Gasteiger partial charge on any atom is 0.237 e. The number of hydrogen-bond donors (Lipinski definition) is 2. The van der Waals surface area contributed by atoms with Crippen LogP contribution in [0.2, 0.25) is 0 Å². The van der Waals surface area contributed by atoms with Crippen LogP contribution in [0.1, 0.15) is 23.6 Å². The second-order valence-corrected chi connectivity index (χ2v) is 6.22. The molecule has 1 spiro atoms. The van der Waals surface area contributed by atoms with E-state index in [0.29, 0.717) is 11.5 Å². The number of carbonyl (C=O) groups excluding carboxylic acids is 1. The van der Waals surface area contributed by atoms with Gasteiger partial charge in [-0.3, -0.25) is 4.79 Å². The first-order chi connectivity index (χ1) is 11.7. The summed E-state index contributed by atoms with van der Waals surface area (Å²) in [4.78, 5) is 12.9. The lowest BCUT2D eigenvalue weighted by molar-refractivity contribution is -0.121. The Kier molecular flexibility index (Phi) is 3.46. The smallest absolute Gasteiger partial charge is 0.237 e. The zero-order valence-electron chi connectivity index (χ0n) is 13.8. The van der Waals surface area contributed by atoms with E-state index in [9.17, 15) is 4.79 Å². The van der Waals surface area contributed by atoms with Gasteiger partial charge in [-0.25, -0.2) is 0 Å². The first-order valence-corrected chi connectivity index (χ1v) is 8.07. The summed E-state index contributed by atoms with van der Waals surface area (Å²) in [5.74, 6) is 1.42. The number of nitrogens with one attached hydrogen (secondary N) is 2. The predicted molar refractivity (Wildman–Crippen MR) is 91.7 cm³/mol. The molecule has 2 heterocycles. The van der Waals surface area contributed by atoms with Crippen molar-refractivity contribution in [2.24, 2.45) is 0 Å². The van der Waals surface area contributed by atoms with E-state index in [-0.39, 0.29) is 11.9 Å². The van der Waals surface area contributed by atoms with Gasteiger partial charge in [-0.1, -0.05) is 24.3 Å². The maximum absolute atomic E-state index is 12.9. The van der Waals surface area contributed by atoms with Gasteiger partial charge in [0.25, 0.3) is 0 Å². The van der Waals surface area contributed by atoms with Crippen molar-refractivity contribution >= 4 is 11.6 Å². The third-order valence-electron chi connectivity index (χ3n) is 5.16. The number of methoxy groups -OCH3 is 2. The van der Waals surface area contributed by atoms with Crippen molar-refractivity contribution < 1.29 is 14.3 Å². The number of para-hydroxylation sites is 1. The maximum atomic E-state index is 12.9. The van der Waals surface area contributed by atoms with E-state index in [4.69, 9.17) is 9.47 Å². The van der Waals surface area contributed by atoms with Crippen molar-refractivity contribution in [3.63, 3.8) is 0 Å². The molecule has 124 valence electrons. The van der Waals surface area contributed by atoms with Gasteiger partial charge >= 0.3 is 0 Å². The number of anilines is 1. The monoisotopic (exact) mass is 324 g/mol. The summed E-state index contributed by atoms with van der Waals surface area (Å²) in [6.45, 7) is 0.792. The quantitative estimate of drug-likeness (QED) is 0.911. The van der Waals surface area contributed by atoms with Gasteiger partial charge in [-0.15, -0.1) is 0 Å². The topological polar surface area (TPSA) is 59.6 Å². The number of hydrogen-bond acceptors (Lipinski definition) is 4. The Morgan fingerprint density at radius 2 is 1.88 bits per heavy atom. The van der Waals surface area contributed by atoms with Crippen LogP contribution in [-0.4, -0.2) is 26.7 Å². The highest BCUT2D eigenvalue weighted by molar-refractivity contribution is 6.07. The van der Waals surface area contributed by atoms with E-state index in [1.807, 2.05) is 42.5 Å². The third-order valence-corrected chi connectivity index (χ3v) is 5.16. The van der Waals surface area contributed by atoms with Gasteiger partial charge in [-0.05, 0) is 42.3 Å². The molecular formula is C19H20N2O3. The molecule has 5 nitrogen and oxygen atoms in total. The number of ether oxygens (including phenoxy) is 2. The minimum atomic E-state index is -0.573. The van der Waals surface area contributed by atoms with E-state index in [1.54, 1.807) is 14.2 Å². The molecule has 1 amide bonds. The van der Waals surface area contributed by atoms with Gasteiger partial charge < -0.3 is 20.1 Å². The van der Waals surface area contributed by atoms with Crippen LogP contribution in [0, 0.1) is 0 Å². The molecule has 0 unspecified atom stereocenters. The Bertz CT molecular complexity index is 805. The average molecular weight is 324 g/mol. The van der Waals surface area contributed by atoms with Crippen molar-refractivity contribution in [3.05, 3.63) is 53.6 Å². The number of fused-ring (bicyclic) bond motifs is 2. The fourth-order valence-electron chi connectivity index (χ4n) is 4.04. The minimum Gasteiger partial charge on any atom is -0.493 e. The zero-order chi connectivity index (χ0) is 16.7. The first kappa shape index (κ1) is 15.0. The number of rotatable bonds is 3. The predicted octanol–water partition coefficient (Wildman–Crippen LogP) is 2.63. The standard InChI is InChI=1S/C19H20N2O3/c1-23-15-8-7-12(11-16(15)24-2)17-19(9-10-20-17)13-5-3-4-6-14(13)21-18(19)22/h3-8,11,17,20H,9-10H2,1-2H3,(H,21,22)/t17-,19+/m0/s1. The zero-order valence-corrected chi connectivity index (χ0v) is 13.8. The Morgan fingerprint density at radius 3 is 2.67 bits per heavy atom. The molecule has 0 saturated carbocycles. The molecule has 4 rings (SSSR count). The van der Waals surface area contributed by atoms with Crippen LogP contribution in [0.15, 0.2) is 42.5 Å². The highest BCUT2D eigenvalue weighted by atomic mass is 16.5. The molecule has 0 radical (unpaired) electrons. The van der Waals surface area contributed by atoms with E-state index < -0.39 is 5.41 Å². The van der Waals surface area contributed by atoms with Crippen LogP contribution in [0.5, 0.6) is 11.5 Å². The number of amides is 1. The summed E-state index contributed by atoms with van der Waals surface area (Å²) in [5.41, 5.74) is 2.43. The molecule has 2 aromatic rings. The Balaban J connectivity index is 1.83. The molecule has 2 aliphatic heterocycles. The van der Waals surface area contributed by atoms with Crippen LogP contribution in [0.3, 0.4) is 0 Å². The normalized spacial score (nSPS) is 24.8.